The van der Waals surface area contributed by atoms with E-state index < -0.39 is 6.10 Å². The number of ether oxygens (including phenoxy) is 3. The van der Waals surface area contributed by atoms with Gasteiger partial charge in [0.15, 0.2) is 0 Å². The van der Waals surface area contributed by atoms with Gasteiger partial charge in [-0.1, -0.05) is 0 Å². The van der Waals surface area contributed by atoms with E-state index in [0.29, 0.717) is 32.2 Å². The van der Waals surface area contributed by atoms with Crippen molar-refractivity contribution in [3.63, 3.8) is 0 Å². The Morgan fingerprint density at radius 1 is 1.21 bits per heavy atom. The highest BCUT2D eigenvalue weighted by atomic mass is 32.1. The summed E-state index contributed by atoms with van der Waals surface area (Å²) in [7, 11) is 3.22. The number of amides is 1. The smallest absolute Gasteiger partial charge is 0.237 e. The molecule has 1 saturated carbocycles. The topological polar surface area (TPSA) is 71.5 Å². The minimum atomic E-state index is -0.597. The number of carbonyl (C=O) groups is 1. The van der Waals surface area contributed by atoms with Gasteiger partial charge in [0.2, 0.25) is 5.91 Å². The molecule has 1 aromatic carbocycles. The molecule has 4 rings (SSSR count). The van der Waals surface area contributed by atoms with E-state index in [4.69, 9.17) is 14.2 Å². The van der Waals surface area contributed by atoms with Crippen molar-refractivity contribution in [2.75, 3.05) is 53.6 Å². The molecule has 2 atom stereocenters. The zero-order valence-electron chi connectivity index (χ0n) is 19.4. The fourth-order valence-electron chi connectivity index (χ4n) is 4.42. The van der Waals surface area contributed by atoms with Crippen molar-refractivity contribution in [1.82, 2.24) is 9.80 Å². The summed E-state index contributed by atoms with van der Waals surface area (Å²) < 4.78 is 16.4. The van der Waals surface area contributed by atoms with Gasteiger partial charge < -0.3 is 24.2 Å². The molecule has 180 valence electrons. The van der Waals surface area contributed by atoms with E-state index in [9.17, 15) is 9.90 Å². The van der Waals surface area contributed by atoms with Gasteiger partial charge in [0.1, 0.15) is 18.1 Å². The monoisotopic (exact) mass is 474 g/mol. The van der Waals surface area contributed by atoms with Crippen LogP contribution in [0, 0.1) is 5.92 Å². The molecule has 1 N–H and O–H groups in total. The van der Waals surface area contributed by atoms with E-state index in [-0.39, 0.29) is 18.6 Å². The molecule has 8 heteroatoms. The molecular formula is C25H34N2O5S. The van der Waals surface area contributed by atoms with Crippen LogP contribution in [0.3, 0.4) is 0 Å². The van der Waals surface area contributed by atoms with E-state index in [2.05, 4.69) is 16.3 Å². The van der Waals surface area contributed by atoms with Crippen LogP contribution in [0.15, 0.2) is 35.7 Å². The molecule has 7 nitrogen and oxygen atoms in total. The maximum absolute atomic E-state index is 13.5. The molecule has 33 heavy (non-hydrogen) atoms. The minimum absolute atomic E-state index is 0.0837. The average Bonchev–Trinajstić information content (AvgIpc) is 3.49. The number of nitrogens with zero attached hydrogens (tertiary/aromatic N) is 2. The Hall–Kier alpha value is -2.13. The van der Waals surface area contributed by atoms with Crippen LogP contribution in [0.1, 0.15) is 29.3 Å². The van der Waals surface area contributed by atoms with Gasteiger partial charge in [-0.25, -0.2) is 0 Å². The maximum Gasteiger partial charge on any atom is 0.237 e. The van der Waals surface area contributed by atoms with Crippen LogP contribution in [0.2, 0.25) is 0 Å². The highest BCUT2D eigenvalue weighted by Gasteiger charge is 2.34. The van der Waals surface area contributed by atoms with Crippen LogP contribution >= 0.6 is 11.3 Å². The molecule has 0 radical (unpaired) electrons. The lowest BCUT2D eigenvalue weighted by molar-refractivity contribution is -0.136. The lowest BCUT2D eigenvalue weighted by atomic mass is 10.0. The maximum atomic E-state index is 13.5. The van der Waals surface area contributed by atoms with Gasteiger partial charge in [-0.3, -0.25) is 9.69 Å². The first kappa shape index (κ1) is 24.0. The number of hydrogen-bond acceptors (Lipinski definition) is 7. The third-order valence-corrected chi connectivity index (χ3v) is 7.28. The van der Waals surface area contributed by atoms with E-state index in [0.717, 1.165) is 24.5 Å². The lowest BCUT2D eigenvalue weighted by Gasteiger charge is -2.37. The van der Waals surface area contributed by atoms with Gasteiger partial charge in [-0.2, -0.15) is 0 Å². The fourth-order valence-corrected chi connectivity index (χ4v) is 5.34. The summed E-state index contributed by atoms with van der Waals surface area (Å²) >= 11 is 1.75. The molecule has 0 spiro atoms. The standard InChI is InChI=1S/C25H34N2O5S/c1-30-16-19(28)14-26(13-18-3-4-18)15-25(29)27-11-9-24-22(10-12-33-24)23(27)17-32-21-7-5-20(31-2)6-8-21/h5-8,10,12,18-19,23,28H,3-4,9,11,13-17H2,1-2H3/t19-,23+/m1/s1. The number of carbonyl (C=O) groups excluding carboxylic acids is 1. The highest BCUT2D eigenvalue weighted by molar-refractivity contribution is 7.10. The normalized spacial score (nSPS) is 18.8. The molecule has 1 fully saturated rings. The number of benzene rings is 1. The Labute approximate surface area is 199 Å². The largest absolute Gasteiger partial charge is 0.497 e. The summed E-state index contributed by atoms with van der Waals surface area (Å²) in [4.78, 5) is 18.9. The van der Waals surface area contributed by atoms with Gasteiger partial charge in [-0.15, -0.1) is 11.3 Å². The van der Waals surface area contributed by atoms with E-state index in [1.165, 1.54) is 23.3 Å². The number of thiophene rings is 1. The Balaban J connectivity index is 1.44. The molecule has 1 amide bonds. The second kappa shape index (κ2) is 11.3. The van der Waals surface area contributed by atoms with Crippen molar-refractivity contribution in [2.45, 2.75) is 31.4 Å². The minimum Gasteiger partial charge on any atom is -0.497 e. The van der Waals surface area contributed by atoms with Crippen molar-refractivity contribution in [3.05, 3.63) is 46.2 Å². The molecule has 1 aromatic heterocycles. The Morgan fingerprint density at radius 2 is 1.97 bits per heavy atom. The van der Waals surface area contributed by atoms with Crippen LogP contribution in [-0.4, -0.2) is 80.5 Å². The molecule has 0 unspecified atom stereocenters. The number of hydrogen-bond donors (Lipinski definition) is 1. The predicted octanol–water partition coefficient (Wildman–Crippen LogP) is 2.98. The average molecular weight is 475 g/mol. The number of rotatable bonds is 12. The molecular weight excluding hydrogens is 440 g/mol. The summed E-state index contributed by atoms with van der Waals surface area (Å²) in [5.74, 6) is 2.25. The van der Waals surface area contributed by atoms with Gasteiger partial charge in [-0.05, 0) is 66.5 Å². The number of fused-ring (bicyclic) bond motifs is 1. The van der Waals surface area contributed by atoms with Gasteiger partial charge >= 0.3 is 0 Å². The Morgan fingerprint density at radius 3 is 2.67 bits per heavy atom. The summed E-state index contributed by atoms with van der Waals surface area (Å²) in [5, 5.41) is 12.4. The SMILES string of the molecule is COC[C@H](O)CN(CC(=O)N1CCc2sccc2[C@@H]1COc1ccc(OC)cc1)CC1CC1. The van der Waals surface area contributed by atoms with Crippen molar-refractivity contribution < 1.29 is 24.1 Å². The van der Waals surface area contributed by atoms with Crippen molar-refractivity contribution in [1.29, 1.82) is 0 Å². The quantitative estimate of drug-likeness (QED) is 0.510. The van der Waals surface area contributed by atoms with Crippen LogP contribution in [0.25, 0.3) is 0 Å². The third-order valence-electron chi connectivity index (χ3n) is 6.28. The van der Waals surface area contributed by atoms with Crippen molar-refractivity contribution in [2.24, 2.45) is 5.92 Å². The van der Waals surface area contributed by atoms with Crippen molar-refractivity contribution >= 4 is 17.2 Å². The lowest BCUT2D eigenvalue weighted by Crippen LogP contribution is -2.48. The van der Waals surface area contributed by atoms with E-state index >= 15 is 0 Å². The number of aliphatic hydroxyl groups excluding tert-OH is 1. The Kier molecular flexibility index (Phi) is 8.25. The first-order valence-corrected chi connectivity index (χ1v) is 12.5. The zero-order chi connectivity index (χ0) is 23.2. The van der Waals surface area contributed by atoms with Gasteiger partial charge in [0, 0.05) is 31.6 Å². The van der Waals surface area contributed by atoms with Crippen LogP contribution in [-0.2, 0) is 16.0 Å². The Bertz CT molecular complexity index is 898. The summed E-state index contributed by atoms with van der Waals surface area (Å²) in [5.41, 5.74) is 1.18. The predicted molar refractivity (Wildman–Crippen MR) is 128 cm³/mol. The third kappa shape index (κ3) is 6.47. The van der Waals surface area contributed by atoms with Gasteiger partial charge in [0.05, 0.1) is 32.4 Å². The van der Waals surface area contributed by atoms with Crippen LogP contribution in [0.5, 0.6) is 11.5 Å². The molecule has 2 heterocycles. The van der Waals surface area contributed by atoms with Crippen molar-refractivity contribution in [3.8, 4) is 11.5 Å². The number of aliphatic hydroxyl groups is 1. The number of methoxy groups -OCH3 is 2. The summed E-state index contributed by atoms with van der Waals surface area (Å²) in [6.45, 7) is 2.95. The molecule has 2 aliphatic rings. The second-order valence-electron chi connectivity index (χ2n) is 8.89. The molecule has 2 aromatic rings. The molecule has 0 saturated heterocycles. The van der Waals surface area contributed by atoms with Crippen LogP contribution in [0.4, 0.5) is 0 Å². The van der Waals surface area contributed by atoms with E-state index in [1.807, 2.05) is 29.2 Å². The highest BCUT2D eigenvalue weighted by Crippen LogP contribution is 2.34. The molecule has 1 aliphatic carbocycles. The zero-order valence-corrected chi connectivity index (χ0v) is 20.3. The summed E-state index contributed by atoms with van der Waals surface area (Å²) in [6, 6.07) is 9.51. The van der Waals surface area contributed by atoms with E-state index in [1.54, 1.807) is 25.6 Å². The first-order valence-electron chi connectivity index (χ1n) is 11.6. The van der Waals surface area contributed by atoms with Crippen LogP contribution < -0.4 is 9.47 Å². The fraction of sp³-hybridized carbons (Fsp3) is 0.560. The molecule has 1 aliphatic heterocycles. The van der Waals surface area contributed by atoms with Gasteiger partial charge in [0.25, 0.3) is 0 Å². The summed E-state index contributed by atoms with van der Waals surface area (Å²) in [6.07, 6.45) is 2.67. The molecule has 0 bridgehead atoms. The first-order chi connectivity index (χ1) is 16.1. The second-order valence-corrected chi connectivity index (χ2v) is 9.89.